The lowest BCUT2D eigenvalue weighted by Crippen LogP contribution is -2.34. The van der Waals surface area contributed by atoms with Crippen LogP contribution in [0.1, 0.15) is 38.8 Å². The number of likely N-dealkylation sites (tertiary alicyclic amines) is 1. The van der Waals surface area contributed by atoms with Crippen molar-refractivity contribution < 1.29 is 0 Å². The van der Waals surface area contributed by atoms with Gasteiger partial charge < -0.3 is 14.8 Å². The summed E-state index contributed by atoms with van der Waals surface area (Å²) < 4.78 is 2.19. The van der Waals surface area contributed by atoms with E-state index in [-0.39, 0.29) is 0 Å². The number of piperidine rings is 1. The highest BCUT2D eigenvalue weighted by Gasteiger charge is 2.14. The molecule has 0 bridgehead atoms. The second kappa shape index (κ2) is 7.65. The number of aromatic nitrogens is 2. The lowest BCUT2D eigenvalue weighted by molar-refractivity contribution is 0.190. The van der Waals surface area contributed by atoms with Crippen LogP contribution in [-0.2, 0) is 13.1 Å². The van der Waals surface area contributed by atoms with E-state index in [1.165, 1.54) is 44.6 Å². The van der Waals surface area contributed by atoms with E-state index < -0.39 is 0 Å². The van der Waals surface area contributed by atoms with Crippen LogP contribution in [0.3, 0.4) is 0 Å². The largest absolute Gasteiger partial charge is 0.334 e. The van der Waals surface area contributed by atoms with Crippen LogP contribution in [0.5, 0.6) is 0 Å². The van der Waals surface area contributed by atoms with Gasteiger partial charge in [0.05, 0.1) is 12.0 Å². The Labute approximate surface area is 117 Å². The third kappa shape index (κ3) is 4.62. The standard InChI is InChI=1S/C15H28N4/c1-3-19-13-17-12-15(19)11-16-7-4-8-18-9-5-14(2)6-10-18/h12-14,16H,3-11H2,1-2H3. The number of hydrogen-bond donors (Lipinski definition) is 1. The molecule has 0 aliphatic carbocycles. The molecule has 1 fully saturated rings. The van der Waals surface area contributed by atoms with Crippen LogP contribution in [0.15, 0.2) is 12.5 Å². The number of aryl methyl sites for hydroxylation is 1. The molecule has 19 heavy (non-hydrogen) atoms. The second-order valence-electron chi connectivity index (χ2n) is 5.73. The maximum absolute atomic E-state index is 4.19. The van der Waals surface area contributed by atoms with Gasteiger partial charge in [-0.2, -0.15) is 0 Å². The maximum atomic E-state index is 4.19. The lowest BCUT2D eigenvalue weighted by atomic mass is 9.99. The maximum Gasteiger partial charge on any atom is 0.0948 e. The fourth-order valence-electron chi connectivity index (χ4n) is 2.71. The first-order chi connectivity index (χ1) is 9.29. The van der Waals surface area contributed by atoms with Crippen molar-refractivity contribution in [2.24, 2.45) is 5.92 Å². The van der Waals surface area contributed by atoms with Crippen LogP contribution in [0.25, 0.3) is 0 Å². The van der Waals surface area contributed by atoms with E-state index in [4.69, 9.17) is 0 Å². The van der Waals surface area contributed by atoms with E-state index in [0.29, 0.717) is 0 Å². The van der Waals surface area contributed by atoms with Crippen molar-refractivity contribution >= 4 is 0 Å². The summed E-state index contributed by atoms with van der Waals surface area (Å²) in [4.78, 5) is 6.80. The molecule has 1 aliphatic rings. The van der Waals surface area contributed by atoms with Crippen molar-refractivity contribution in [3.05, 3.63) is 18.2 Å². The summed E-state index contributed by atoms with van der Waals surface area (Å²) in [5.41, 5.74) is 1.29. The lowest BCUT2D eigenvalue weighted by Gasteiger charge is -2.30. The van der Waals surface area contributed by atoms with Crippen molar-refractivity contribution in [1.82, 2.24) is 19.8 Å². The molecule has 0 spiro atoms. The zero-order valence-electron chi connectivity index (χ0n) is 12.4. The van der Waals surface area contributed by atoms with Gasteiger partial charge in [0, 0.05) is 19.3 Å². The molecule has 1 aliphatic heterocycles. The highest BCUT2D eigenvalue weighted by atomic mass is 15.1. The summed E-state index contributed by atoms with van der Waals surface area (Å²) >= 11 is 0. The van der Waals surface area contributed by atoms with Crippen LogP contribution in [0.4, 0.5) is 0 Å². The number of nitrogens with one attached hydrogen (secondary N) is 1. The second-order valence-corrected chi connectivity index (χ2v) is 5.73. The van der Waals surface area contributed by atoms with Gasteiger partial charge in [0.25, 0.3) is 0 Å². The topological polar surface area (TPSA) is 33.1 Å². The van der Waals surface area contributed by atoms with Gasteiger partial charge in [-0.15, -0.1) is 0 Å². The van der Waals surface area contributed by atoms with E-state index in [1.807, 2.05) is 12.5 Å². The Morgan fingerprint density at radius 2 is 2.16 bits per heavy atom. The Morgan fingerprint density at radius 3 is 2.89 bits per heavy atom. The zero-order valence-corrected chi connectivity index (χ0v) is 12.4. The van der Waals surface area contributed by atoms with Crippen LogP contribution in [0, 0.1) is 5.92 Å². The summed E-state index contributed by atoms with van der Waals surface area (Å²) in [7, 11) is 0. The summed E-state index contributed by atoms with van der Waals surface area (Å²) in [5, 5.41) is 3.52. The van der Waals surface area contributed by atoms with E-state index >= 15 is 0 Å². The zero-order chi connectivity index (χ0) is 13.5. The van der Waals surface area contributed by atoms with E-state index in [1.54, 1.807) is 0 Å². The number of nitrogens with zero attached hydrogens (tertiary/aromatic N) is 3. The molecule has 0 amide bonds. The Kier molecular flexibility index (Phi) is 5.86. The Bertz CT molecular complexity index is 353. The summed E-state index contributed by atoms with van der Waals surface area (Å²) in [6, 6.07) is 0. The molecule has 1 N–H and O–H groups in total. The van der Waals surface area contributed by atoms with Crippen molar-refractivity contribution in [2.75, 3.05) is 26.2 Å². The fraction of sp³-hybridized carbons (Fsp3) is 0.800. The minimum absolute atomic E-state index is 0.934. The van der Waals surface area contributed by atoms with Crippen LogP contribution in [-0.4, -0.2) is 40.6 Å². The minimum Gasteiger partial charge on any atom is -0.334 e. The first-order valence-electron chi connectivity index (χ1n) is 7.71. The molecule has 0 unspecified atom stereocenters. The molecule has 0 aromatic carbocycles. The third-order valence-corrected chi connectivity index (χ3v) is 4.15. The third-order valence-electron chi connectivity index (χ3n) is 4.15. The number of rotatable bonds is 7. The van der Waals surface area contributed by atoms with Crippen molar-refractivity contribution in [3.8, 4) is 0 Å². The molecule has 4 nitrogen and oxygen atoms in total. The van der Waals surface area contributed by atoms with Crippen LogP contribution in [0.2, 0.25) is 0 Å². The summed E-state index contributed by atoms with van der Waals surface area (Å²) in [6.07, 6.45) is 7.87. The SMILES string of the molecule is CCn1cncc1CNCCCN1CCC(C)CC1. The Morgan fingerprint density at radius 1 is 1.37 bits per heavy atom. The molecule has 0 radical (unpaired) electrons. The quantitative estimate of drug-likeness (QED) is 0.766. The Hall–Kier alpha value is -0.870. The molecule has 2 rings (SSSR count). The van der Waals surface area contributed by atoms with Crippen molar-refractivity contribution in [2.45, 2.75) is 46.2 Å². The first kappa shape index (κ1) is 14.5. The minimum atomic E-state index is 0.934. The highest BCUT2D eigenvalue weighted by molar-refractivity contribution is 4.97. The molecule has 1 aromatic rings. The predicted molar refractivity (Wildman–Crippen MR) is 79.1 cm³/mol. The number of imidazole rings is 1. The smallest absolute Gasteiger partial charge is 0.0948 e. The highest BCUT2D eigenvalue weighted by Crippen LogP contribution is 2.15. The predicted octanol–water partition coefficient (Wildman–Crippen LogP) is 2.11. The molecule has 0 saturated carbocycles. The normalized spacial score (nSPS) is 18.0. The number of hydrogen-bond acceptors (Lipinski definition) is 3. The van der Waals surface area contributed by atoms with E-state index in [9.17, 15) is 0 Å². The Balaban J connectivity index is 1.55. The fourth-order valence-corrected chi connectivity index (χ4v) is 2.71. The molecule has 1 aromatic heterocycles. The van der Waals surface area contributed by atoms with Gasteiger partial charge in [-0.3, -0.25) is 0 Å². The van der Waals surface area contributed by atoms with Gasteiger partial charge in [-0.05, 0) is 58.3 Å². The molecule has 4 heteroatoms. The monoisotopic (exact) mass is 264 g/mol. The van der Waals surface area contributed by atoms with Gasteiger partial charge in [0.15, 0.2) is 0 Å². The molecular formula is C15H28N4. The van der Waals surface area contributed by atoms with Gasteiger partial charge >= 0.3 is 0 Å². The van der Waals surface area contributed by atoms with Gasteiger partial charge in [0.2, 0.25) is 0 Å². The molecule has 108 valence electrons. The average molecular weight is 264 g/mol. The van der Waals surface area contributed by atoms with Gasteiger partial charge in [-0.25, -0.2) is 4.98 Å². The molecular weight excluding hydrogens is 236 g/mol. The summed E-state index contributed by atoms with van der Waals surface area (Å²) in [5.74, 6) is 0.934. The van der Waals surface area contributed by atoms with Crippen LogP contribution < -0.4 is 5.32 Å². The van der Waals surface area contributed by atoms with Gasteiger partial charge in [0.1, 0.15) is 0 Å². The average Bonchev–Trinajstić information content (AvgIpc) is 2.88. The van der Waals surface area contributed by atoms with Crippen molar-refractivity contribution in [1.29, 1.82) is 0 Å². The molecule has 0 atom stereocenters. The molecule has 1 saturated heterocycles. The van der Waals surface area contributed by atoms with E-state index in [0.717, 1.165) is 25.6 Å². The van der Waals surface area contributed by atoms with Crippen molar-refractivity contribution in [3.63, 3.8) is 0 Å². The van der Waals surface area contributed by atoms with Crippen LogP contribution >= 0.6 is 0 Å². The van der Waals surface area contributed by atoms with Gasteiger partial charge in [-0.1, -0.05) is 6.92 Å². The first-order valence-corrected chi connectivity index (χ1v) is 7.71. The summed E-state index contributed by atoms with van der Waals surface area (Å²) in [6.45, 7) is 11.4. The molecule has 2 heterocycles. The van der Waals surface area contributed by atoms with E-state index in [2.05, 4.69) is 33.6 Å².